The molecule has 4 heterocycles. The molecule has 288 valence electrons. The zero-order chi connectivity index (χ0) is 39.3. The number of carbonyl (C=O) groups is 2. The Morgan fingerprint density at radius 1 is 0.661 bits per heavy atom. The van der Waals surface area contributed by atoms with Gasteiger partial charge in [-0.05, 0) is 61.4 Å². The standard InChI is InChI=1S/2C21H21FN4O2/c2*1-28-20-8-13(6-7-16(20)14-10-24-25-11-14)21(27)26-12-15(23)9-19(26)17-4-2-3-5-18(17)22/h2*2-8,10-11,15,19H,9,12,23H2,1H3,(H,24,25)/t15-,19+;15-,19-/m01/s1. The van der Waals surface area contributed by atoms with Crippen LogP contribution < -0.4 is 20.9 Å². The van der Waals surface area contributed by atoms with E-state index in [1.165, 1.54) is 12.1 Å². The molecule has 2 aliphatic rings. The molecular formula is C42H42F2N8O4. The Hall–Kier alpha value is -6.38. The first-order valence-corrected chi connectivity index (χ1v) is 18.1. The molecule has 12 nitrogen and oxygen atoms in total. The summed E-state index contributed by atoms with van der Waals surface area (Å²) in [7, 11) is 3.11. The molecule has 0 radical (unpaired) electrons. The zero-order valence-electron chi connectivity index (χ0n) is 30.9. The van der Waals surface area contributed by atoms with Crippen LogP contribution in [0.4, 0.5) is 8.78 Å². The number of nitrogens with zero attached hydrogens (tertiary/aromatic N) is 4. The molecule has 4 aromatic carbocycles. The van der Waals surface area contributed by atoms with Gasteiger partial charge in [0.25, 0.3) is 11.8 Å². The first-order chi connectivity index (χ1) is 27.2. The normalized spacial score (nSPS) is 19.0. The summed E-state index contributed by atoms with van der Waals surface area (Å²) in [6, 6.07) is 22.4. The second-order valence-electron chi connectivity index (χ2n) is 13.8. The third-order valence-corrected chi connectivity index (χ3v) is 10.2. The molecule has 0 bridgehead atoms. The van der Waals surface area contributed by atoms with E-state index in [9.17, 15) is 18.4 Å². The van der Waals surface area contributed by atoms with Crippen LogP contribution in [0.3, 0.4) is 0 Å². The van der Waals surface area contributed by atoms with E-state index in [0.717, 1.165) is 22.3 Å². The number of amides is 2. The van der Waals surface area contributed by atoms with Gasteiger partial charge in [0.05, 0.1) is 38.7 Å². The van der Waals surface area contributed by atoms with Crippen molar-refractivity contribution >= 4 is 11.8 Å². The number of carbonyl (C=O) groups excluding carboxylic acids is 2. The molecule has 6 aromatic rings. The molecular weight excluding hydrogens is 719 g/mol. The van der Waals surface area contributed by atoms with Crippen LogP contribution in [-0.2, 0) is 0 Å². The summed E-state index contributed by atoms with van der Waals surface area (Å²) in [5.74, 6) is 0.0902. The number of hydrogen-bond acceptors (Lipinski definition) is 8. The van der Waals surface area contributed by atoms with E-state index < -0.39 is 0 Å². The Morgan fingerprint density at radius 3 is 1.43 bits per heavy atom. The number of benzene rings is 4. The summed E-state index contributed by atoms with van der Waals surface area (Å²) in [5, 5.41) is 13.4. The first kappa shape index (κ1) is 37.9. The fraction of sp³-hybridized carbons (Fsp3) is 0.238. The molecule has 0 spiro atoms. The highest BCUT2D eigenvalue weighted by Gasteiger charge is 2.38. The monoisotopic (exact) mass is 760 g/mol. The van der Waals surface area contributed by atoms with Crippen molar-refractivity contribution in [2.75, 3.05) is 27.3 Å². The second kappa shape index (κ2) is 16.6. The third-order valence-electron chi connectivity index (χ3n) is 10.2. The minimum Gasteiger partial charge on any atom is -0.496 e. The number of halogens is 2. The lowest BCUT2D eigenvalue weighted by atomic mass is 10.0. The van der Waals surface area contributed by atoms with Crippen LogP contribution >= 0.6 is 0 Å². The van der Waals surface area contributed by atoms with Gasteiger partial charge in [-0.2, -0.15) is 10.2 Å². The van der Waals surface area contributed by atoms with Crippen molar-refractivity contribution in [2.45, 2.75) is 37.0 Å². The number of ether oxygens (including phenoxy) is 2. The van der Waals surface area contributed by atoms with E-state index in [0.29, 0.717) is 59.7 Å². The lowest BCUT2D eigenvalue weighted by Gasteiger charge is -2.25. The van der Waals surface area contributed by atoms with Crippen molar-refractivity contribution in [3.63, 3.8) is 0 Å². The van der Waals surface area contributed by atoms with Crippen LogP contribution in [0.5, 0.6) is 11.5 Å². The first-order valence-electron chi connectivity index (χ1n) is 18.1. The maximum atomic E-state index is 14.3. The minimum absolute atomic E-state index is 0.194. The minimum atomic E-state index is -0.386. The molecule has 2 saturated heterocycles. The molecule has 2 fully saturated rings. The Balaban J connectivity index is 0.000000172. The van der Waals surface area contributed by atoms with E-state index in [1.54, 1.807) is 109 Å². The smallest absolute Gasteiger partial charge is 0.254 e. The van der Waals surface area contributed by atoms with Crippen LogP contribution in [-0.4, -0.2) is 81.4 Å². The Kier molecular flexibility index (Phi) is 11.2. The van der Waals surface area contributed by atoms with Crippen molar-refractivity contribution in [1.29, 1.82) is 0 Å². The van der Waals surface area contributed by atoms with Gasteiger partial charge in [0.2, 0.25) is 0 Å². The van der Waals surface area contributed by atoms with Crippen molar-refractivity contribution in [2.24, 2.45) is 11.5 Å². The van der Waals surface area contributed by atoms with Crippen molar-refractivity contribution in [3.05, 3.63) is 144 Å². The Labute approximate surface area is 322 Å². The lowest BCUT2D eigenvalue weighted by Crippen LogP contribution is -2.33. The van der Waals surface area contributed by atoms with Gasteiger partial charge in [0.1, 0.15) is 23.1 Å². The van der Waals surface area contributed by atoms with Crippen molar-refractivity contribution in [1.82, 2.24) is 30.2 Å². The van der Waals surface area contributed by atoms with Crippen LogP contribution in [0.1, 0.15) is 56.8 Å². The molecule has 0 aliphatic carbocycles. The number of H-pyrrole nitrogens is 2. The number of likely N-dealkylation sites (tertiary alicyclic amines) is 2. The number of hydrogen-bond donors (Lipinski definition) is 4. The molecule has 2 aliphatic heterocycles. The fourth-order valence-electron chi connectivity index (χ4n) is 7.52. The van der Waals surface area contributed by atoms with Crippen molar-refractivity contribution in [3.8, 4) is 33.8 Å². The quantitative estimate of drug-likeness (QED) is 0.141. The largest absolute Gasteiger partial charge is 0.496 e. The molecule has 2 amide bonds. The second-order valence-corrected chi connectivity index (χ2v) is 13.8. The predicted molar refractivity (Wildman–Crippen MR) is 207 cm³/mol. The summed E-state index contributed by atoms with van der Waals surface area (Å²) in [6.45, 7) is 0.757. The van der Waals surface area contributed by atoms with Gasteiger partial charge in [-0.25, -0.2) is 8.78 Å². The molecule has 0 unspecified atom stereocenters. The number of aromatic nitrogens is 4. The SMILES string of the molecule is COc1cc(C(=O)N2C[C@@H](N)C[C@@H]2c2ccccc2F)ccc1-c1cn[nH]c1.COc1cc(C(=O)N2C[C@H](N)C[C@@H]2c2ccccc2F)ccc1-c1cn[nH]c1. The summed E-state index contributed by atoms with van der Waals surface area (Å²) in [6.07, 6.45) is 7.94. The van der Waals surface area contributed by atoms with Gasteiger partial charge < -0.3 is 30.7 Å². The maximum Gasteiger partial charge on any atom is 0.254 e. The average Bonchev–Trinajstić information content (AvgIpc) is 4.06. The highest BCUT2D eigenvalue weighted by Crippen LogP contribution is 2.38. The molecule has 0 saturated carbocycles. The summed E-state index contributed by atoms with van der Waals surface area (Å²) >= 11 is 0. The molecule has 6 N–H and O–H groups in total. The summed E-state index contributed by atoms with van der Waals surface area (Å²) in [5.41, 5.74) is 17.5. The molecule has 8 rings (SSSR count). The van der Waals surface area contributed by atoms with Gasteiger partial charge >= 0.3 is 0 Å². The maximum absolute atomic E-state index is 14.3. The third kappa shape index (κ3) is 7.74. The number of nitrogens with one attached hydrogen (secondary N) is 2. The van der Waals surface area contributed by atoms with E-state index in [-0.39, 0.29) is 47.6 Å². The van der Waals surface area contributed by atoms with E-state index in [2.05, 4.69) is 20.4 Å². The van der Waals surface area contributed by atoms with Crippen LogP contribution in [0.15, 0.2) is 110 Å². The molecule has 56 heavy (non-hydrogen) atoms. The highest BCUT2D eigenvalue weighted by molar-refractivity contribution is 5.97. The van der Waals surface area contributed by atoms with Crippen molar-refractivity contribution < 1.29 is 27.8 Å². The zero-order valence-corrected chi connectivity index (χ0v) is 30.9. The van der Waals surface area contributed by atoms with Crippen LogP contribution in [0.25, 0.3) is 22.3 Å². The topological polar surface area (TPSA) is 168 Å². The van der Waals surface area contributed by atoms with Gasteiger partial charge in [0, 0.05) is 82.1 Å². The molecule has 4 atom stereocenters. The van der Waals surface area contributed by atoms with E-state index in [1.807, 2.05) is 12.1 Å². The lowest BCUT2D eigenvalue weighted by molar-refractivity contribution is 0.0724. The van der Waals surface area contributed by atoms with Gasteiger partial charge in [-0.1, -0.05) is 36.4 Å². The van der Waals surface area contributed by atoms with Gasteiger partial charge in [0.15, 0.2) is 0 Å². The van der Waals surface area contributed by atoms with Gasteiger partial charge in [-0.15, -0.1) is 0 Å². The number of aromatic amines is 2. The highest BCUT2D eigenvalue weighted by atomic mass is 19.1. The number of nitrogens with two attached hydrogens (primary N) is 2. The Morgan fingerprint density at radius 2 is 1.07 bits per heavy atom. The molecule has 14 heteroatoms. The van der Waals surface area contributed by atoms with Crippen LogP contribution in [0, 0.1) is 11.6 Å². The number of rotatable bonds is 8. The average molecular weight is 761 g/mol. The van der Waals surface area contributed by atoms with E-state index in [4.69, 9.17) is 20.9 Å². The summed E-state index contributed by atoms with van der Waals surface area (Å²) < 4.78 is 39.6. The van der Waals surface area contributed by atoms with Gasteiger partial charge in [-0.3, -0.25) is 19.8 Å². The molecule has 2 aromatic heterocycles. The predicted octanol–water partition coefficient (Wildman–Crippen LogP) is 6.28. The fourth-order valence-corrected chi connectivity index (χ4v) is 7.52. The Bertz CT molecular complexity index is 2140. The van der Waals surface area contributed by atoms with E-state index >= 15 is 0 Å². The van der Waals surface area contributed by atoms with Crippen LogP contribution in [0.2, 0.25) is 0 Å². The number of methoxy groups -OCH3 is 2. The summed E-state index contributed by atoms with van der Waals surface area (Å²) in [4.78, 5) is 29.8.